The van der Waals surface area contributed by atoms with Gasteiger partial charge >= 0.3 is 0 Å². The number of para-hydroxylation sites is 1. The molecule has 0 radical (unpaired) electrons. The molecule has 6 nitrogen and oxygen atoms in total. The van der Waals surface area contributed by atoms with Crippen molar-refractivity contribution in [1.82, 2.24) is 14.5 Å². The predicted octanol–water partition coefficient (Wildman–Crippen LogP) is 1.45. The summed E-state index contributed by atoms with van der Waals surface area (Å²) in [6.45, 7) is 1.61. The Kier molecular flexibility index (Phi) is 4.35. The summed E-state index contributed by atoms with van der Waals surface area (Å²) in [4.78, 5) is -0.0871. The van der Waals surface area contributed by atoms with Crippen LogP contribution in [0.4, 0.5) is 4.39 Å². The van der Waals surface area contributed by atoms with Crippen molar-refractivity contribution in [3.8, 4) is 11.8 Å². The van der Waals surface area contributed by atoms with E-state index in [9.17, 15) is 12.8 Å². The van der Waals surface area contributed by atoms with Crippen molar-refractivity contribution in [2.24, 2.45) is 5.92 Å². The smallest absolute Gasteiger partial charge is 0.237 e. The number of nitrogens with zero attached hydrogens (tertiary/aromatic N) is 3. The largest absolute Gasteiger partial charge is 0.243 e. The van der Waals surface area contributed by atoms with Gasteiger partial charge in [-0.25, -0.2) is 22.2 Å². The zero-order chi connectivity index (χ0) is 15.5. The Labute approximate surface area is 121 Å². The number of benzene rings is 1. The van der Waals surface area contributed by atoms with E-state index in [1.807, 2.05) is 6.07 Å². The quantitative estimate of drug-likeness (QED) is 0.905. The fraction of sp³-hybridized carbons (Fsp3) is 0.231. The lowest BCUT2D eigenvalue weighted by Gasteiger charge is -2.05. The number of aromatic nitrogens is 2. The van der Waals surface area contributed by atoms with Crippen LogP contribution in [0, 0.1) is 23.1 Å². The fourth-order valence-corrected chi connectivity index (χ4v) is 2.64. The van der Waals surface area contributed by atoms with Crippen LogP contribution in [0.3, 0.4) is 0 Å². The zero-order valence-electron chi connectivity index (χ0n) is 11.2. The van der Waals surface area contributed by atoms with E-state index in [0.717, 1.165) is 10.9 Å². The molecule has 21 heavy (non-hydrogen) atoms. The highest BCUT2D eigenvalue weighted by Crippen LogP contribution is 2.15. The molecule has 1 heterocycles. The van der Waals surface area contributed by atoms with Gasteiger partial charge in [-0.1, -0.05) is 12.1 Å². The maximum absolute atomic E-state index is 13.6. The molecular formula is C13H13FN4O2S. The molecule has 1 aromatic carbocycles. The van der Waals surface area contributed by atoms with Gasteiger partial charge in [-0.15, -0.1) is 0 Å². The zero-order valence-corrected chi connectivity index (χ0v) is 12.0. The van der Waals surface area contributed by atoms with E-state index in [4.69, 9.17) is 5.26 Å². The van der Waals surface area contributed by atoms with Crippen LogP contribution >= 0.6 is 0 Å². The molecule has 0 unspecified atom stereocenters. The molecular weight excluding hydrogens is 295 g/mol. The Hall–Kier alpha value is -2.24. The van der Waals surface area contributed by atoms with Crippen LogP contribution < -0.4 is 4.72 Å². The van der Waals surface area contributed by atoms with Crippen molar-refractivity contribution < 1.29 is 12.8 Å². The molecule has 0 fully saturated rings. The van der Waals surface area contributed by atoms with E-state index in [1.54, 1.807) is 13.0 Å². The average Bonchev–Trinajstić information content (AvgIpc) is 2.96. The van der Waals surface area contributed by atoms with E-state index < -0.39 is 21.8 Å². The van der Waals surface area contributed by atoms with Crippen LogP contribution in [0.5, 0.6) is 0 Å². The number of nitrogens with one attached hydrogen (secondary N) is 1. The third-order valence-electron chi connectivity index (χ3n) is 2.77. The average molecular weight is 308 g/mol. The summed E-state index contributed by atoms with van der Waals surface area (Å²) >= 11 is 0. The van der Waals surface area contributed by atoms with Crippen LogP contribution in [0.15, 0.2) is 41.6 Å². The van der Waals surface area contributed by atoms with E-state index in [1.165, 1.54) is 24.4 Å². The number of nitriles is 1. The van der Waals surface area contributed by atoms with Crippen molar-refractivity contribution in [3.63, 3.8) is 0 Å². The van der Waals surface area contributed by atoms with E-state index >= 15 is 0 Å². The highest BCUT2D eigenvalue weighted by Gasteiger charge is 2.18. The normalized spacial score (nSPS) is 12.8. The van der Waals surface area contributed by atoms with Crippen molar-refractivity contribution in [2.45, 2.75) is 11.8 Å². The van der Waals surface area contributed by atoms with Crippen LogP contribution in [0.1, 0.15) is 6.92 Å². The number of halogens is 1. The number of hydrogen-bond donors (Lipinski definition) is 1. The predicted molar refractivity (Wildman–Crippen MR) is 73.5 cm³/mol. The molecule has 1 N–H and O–H groups in total. The monoisotopic (exact) mass is 308 g/mol. The Bertz CT molecular complexity index is 779. The standard InChI is InChI=1S/C13H13FN4O2S/c1-10(6-15)7-17-21(19,20)11-8-16-18(9-11)13-5-3-2-4-12(13)14/h2-5,8-10,17H,7H2,1H3/t10-/m1/s1. The summed E-state index contributed by atoms with van der Waals surface area (Å²) in [5.41, 5.74) is 0.157. The highest BCUT2D eigenvalue weighted by molar-refractivity contribution is 7.89. The molecule has 2 rings (SSSR count). The minimum Gasteiger partial charge on any atom is -0.237 e. The minimum absolute atomic E-state index is 0.00368. The topological polar surface area (TPSA) is 87.8 Å². The van der Waals surface area contributed by atoms with Gasteiger partial charge in [0.2, 0.25) is 10.0 Å². The molecule has 0 aliphatic rings. The number of hydrogen-bond acceptors (Lipinski definition) is 4. The second-order valence-electron chi connectivity index (χ2n) is 4.45. The first kappa shape index (κ1) is 15.2. The molecule has 1 atom stereocenters. The first-order valence-corrected chi connectivity index (χ1v) is 7.61. The third kappa shape index (κ3) is 3.45. The van der Waals surface area contributed by atoms with Crippen LogP contribution in [-0.2, 0) is 10.0 Å². The summed E-state index contributed by atoms with van der Waals surface area (Å²) < 4.78 is 41.1. The van der Waals surface area contributed by atoms with E-state index in [0.29, 0.717) is 0 Å². The first-order valence-electron chi connectivity index (χ1n) is 6.13. The van der Waals surface area contributed by atoms with Crippen molar-refractivity contribution in [2.75, 3.05) is 6.54 Å². The minimum atomic E-state index is -3.77. The van der Waals surface area contributed by atoms with E-state index in [2.05, 4.69) is 9.82 Å². The number of sulfonamides is 1. The lowest BCUT2D eigenvalue weighted by Crippen LogP contribution is -2.27. The van der Waals surface area contributed by atoms with Gasteiger partial charge in [0.05, 0.1) is 24.4 Å². The van der Waals surface area contributed by atoms with Gasteiger partial charge < -0.3 is 0 Å². The van der Waals surface area contributed by atoms with Crippen molar-refractivity contribution in [3.05, 3.63) is 42.5 Å². The SMILES string of the molecule is C[C@H](C#N)CNS(=O)(=O)c1cnn(-c2ccccc2F)c1. The summed E-state index contributed by atoms with van der Waals surface area (Å²) in [6, 6.07) is 7.84. The van der Waals surface area contributed by atoms with Gasteiger partial charge in [-0.3, -0.25) is 0 Å². The Morgan fingerprint density at radius 2 is 2.19 bits per heavy atom. The molecule has 0 amide bonds. The second-order valence-corrected chi connectivity index (χ2v) is 6.22. The lowest BCUT2D eigenvalue weighted by atomic mass is 10.2. The van der Waals surface area contributed by atoms with Crippen LogP contribution in [0.25, 0.3) is 5.69 Å². The van der Waals surface area contributed by atoms with Crippen LogP contribution in [0.2, 0.25) is 0 Å². The van der Waals surface area contributed by atoms with Gasteiger partial charge in [0.15, 0.2) is 0 Å². The molecule has 8 heteroatoms. The summed E-state index contributed by atoms with van der Waals surface area (Å²) in [6.07, 6.45) is 2.35. The maximum atomic E-state index is 13.6. The Morgan fingerprint density at radius 3 is 2.86 bits per heavy atom. The maximum Gasteiger partial charge on any atom is 0.243 e. The lowest BCUT2D eigenvalue weighted by molar-refractivity contribution is 0.572. The molecule has 0 aliphatic carbocycles. The second kappa shape index (κ2) is 6.03. The summed E-state index contributed by atoms with van der Waals surface area (Å²) in [7, 11) is -3.77. The first-order chi connectivity index (χ1) is 9.94. The van der Waals surface area contributed by atoms with Crippen molar-refractivity contribution >= 4 is 10.0 Å². The van der Waals surface area contributed by atoms with Gasteiger partial charge in [0.1, 0.15) is 16.4 Å². The number of rotatable bonds is 5. The van der Waals surface area contributed by atoms with Crippen LogP contribution in [-0.4, -0.2) is 24.7 Å². The van der Waals surface area contributed by atoms with Gasteiger partial charge in [-0.05, 0) is 19.1 Å². The molecule has 110 valence electrons. The van der Waals surface area contributed by atoms with E-state index in [-0.39, 0.29) is 17.1 Å². The molecule has 2 aromatic rings. The molecule has 0 bridgehead atoms. The molecule has 0 saturated heterocycles. The van der Waals surface area contributed by atoms with Crippen molar-refractivity contribution in [1.29, 1.82) is 5.26 Å². The molecule has 0 saturated carbocycles. The molecule has 0 spiro atoms. The van der Waals surface area contributed by atoms with Gasteiger partial charge in [0, 0.05) is 6.54 Å². The molecule has 1 aromatic heterocycles. The Balaban J connectivity index is 2.24. The fourth-order valence-electron chi connectivity index (χ4n) is 1.58. The highest BCUT2D eigenvalue weighted by atomic mass is 32.2. The Morgan fingerprint density at radius 1 is 1.48 bits per heavy atom. The summed E-state index contributed by atoms with van der Waals surface area (Å²) in [5.74, 6) is -0.947. The van der Waals surface area contributed by atoms with Gasteiger partial charge in [-0.2, -0.15) is 10.4 Å². The molecule has 0 aliphatic heterocycles. The third-order valence-corrected chi connectivity index (χ3v) is 4.15. The summed E-state index contributed by atoms with van der Waals surface area (Å²) in [5, 5.41) is 12.5. The van der Waals surface area contributed by atoms with Gasteiger partial charge in [0.25, 0.3) is 0 Å².